The lowest BCUT2D eigenvalue weighted by Crippen LogP contribution is -2.62. The van der Waals surface area contributed by atoms with E-state index in [4.69, 9.17) is 4.74 Å². The number of hydrogen-bond donors (Lipinski definition) is 1. The summed E-state index contributed by atoms with van der Waals surface area (Å²) in [7, 11) is 1.72. The first-order valence-corrected chi connectivity index (χ1v) is 10.3. The number of aryl methyl sites for hydroxylation is 1. The maximum atomic E-state index is 12.6. The summed E-state index contributed by atoms with van der Waals surface area (Å²) in [5, 5.41) is 10.2. The molecule has 1 aliphatic carbocycles. The van der Waals surface area contributed by atoms with Gasteiger partial charge in [-0.05, 0) is 36.0 Å². The number of benzene rings is 2. The van der Waals surface area contributed by atoms with Crippen LogP contribution in [0.1, 0.15) is 31.2 Å². The number of carbonyl (C=O) groups is 1. The molecule has 4 heteroatoms. The second kappa shape index (κ2) is 8.06. The molecule has 1 saturated heterocycles. The van der Waals surface area contributed by atoms with Gasteiger partial charge in [-0.3, -0.25) is 4.79 Å². The molecule has 2 fully saturated rings. The SMILES string of the molecule is CO[C@H]1C[C@@H](O)C12CCN(C(=O)CCc1ccc(-c3ccccc3)cc1)CC2. The Kier molecular flexibility index (Phi) is 5.51. The van der Waals surface area contributed by atoms with Crippen molar-refractivity contribution in [2.45, 2.75) is 44.3 Å². The number of nitrogens with zero attached hydrogens (tertiary/aromatic N) is 1. The van der Waals surface area contributed by atoms with E-state index >= 15 is 0 Å². The van der Waals surface area contributed by atoms with Crippen molar-refractivity contribution in [3.8, 4) is 11.1 Å². The van der Waals surface area contributed by atoms with Crippen LogP contribution in [0.5, 0.6) is 0 Å². The molecule has 4 rings (SSSR count). The van der Waals surface area contributed by atoms with Crippen LogP contribution in [0.4, 0.5) is 0 Å². The number of hydrogen-bond acceptors (Lipinski definition) is 3. The Morgan fingerprint density at radius 1 is 1.07 bits per heavy atom. The Balaban J connectivity index is 1.28. The van der Waals surface area contributed by atoms with E-state index in [1.807, 2.05) is 23.1 Å². The normalized spacial score (nSPS) is 23.4. The molecule has 148 valence electrons. The van der Waals surface area contributed by atoms with Crippen LogP contribution in [0, 0.1) is 5.41 Å². The van der Waals surface area contributed by atoms with Gasteiger partial charge in [-0.25, -0.2) is 0 Å². The lowest BCUT2D eigenvalue weighted by molar-refractivity contribution is -0.202. The minimum absolute atomic E-state index is 0.126. The third-order valence-electron chi connectivity index (χ3n) is 6.76. The number of rotatable bonds is 5. The number of methoxy groups -OCH3 is 1. The Morgan fingerprint density at radius 3 is 2.32 bits per heavy atom. The standard InChI is InChI=1S/C24H29NO3/c1-28-22-17-21(26)24(22)13-15-25(16-14-24)23(27)12-9-18-7-10-20(11-8-18)19-5-3-2-4-6-19/h2-8,10-11,21-22,26H,9,12-17H2,1H3/t21-,22+/m1/s1. The average Bonchev–Trinajstić information content (AvgIpc) is 2.76. The highest BCUT2D eigenvalue weighted by Crippen LogP contribution is 2.50. The Bertz CT molecular complexity index is 794. The van der Waals surface area contributed by atoms with Crippen LogP contribution in [0.2, 0.25) is 0 Å². The Morgan fingerprint density at radius 2 is 1.71 bits per heavy atom. The minimum Gasteiger partial charge on any atom is -0.392 e. The molecule has 1 spiro atoms. The molecule has 0 aromatic heterocycles. The largest absolute Gasteiger partial charge is 0.392 e. The van der Waals surface area contributed by atoms with Crippen molar-refractivity contribution in [2.75, 3.05) is 20.2 Å². The molecule has 2 atom stereocenters. The molecule has 28 heavy (non-hydrogen) atoms. The van der Waals surface area contributed by atoms with Gasteiger partial charge in [-0.15, -0.1) is 0 Å². The van der Waals surface area contributed by atoms with Crippen molar-refractivity contribution in [3.63, 3.8) is 0 Å². The van der Waals surface area contributed by atoms with Crippen LogP contribution in [0.3, 0.4) is 0 Å². The van der Waals surface area contributed by atoms with E-state index in [1.54, 1.807) is 7.11 Å². The molecule has 1 aliphatic heterocycles. The van der Waals surface area contributed by atoms with Gasteiger partial charge in [0, 0.05) is 38.5 Å². The molecule has 2 aromatic carbocycles. The number of amides is 1. The first kappa shape index (κ1) is 19.2. The fourth-order valence-electron chi connectivity index (χ4n) is 4.79. The van der Waals surface area contributed by atoms with Gasteiger partial charge in [-0.1, -0.05) is 54.6 Å². The number of likely N-dealkylation sites (tertiary alicyclic amines) is 1. The Hall–Kier alpha value is -2.17. The molecular weight excluding hydrogens is 350 g/mol. The highest BCUT2D eigenvalue weighted by atomic mass is 16.5. The predicted octanol–water partition coefficient (Wildman–Crippen LogP) is 3.67. The molecule has 2 aliphatic rings. The molecule has 2 aromatic rings. The van der Waals surface area contributed by atoms with Gasteiger partial charge in [0.1, 0.15) is 0 Å². The Labute approximate surface area is 167 Å². The van der Waals surface area contributed by atoms with Gasteiger partial charge in [0.25, 0.3) is 0 Å². The van der Waals surface area contributed by atoms with Crippen molar-refractivity contribution in [2.24, 2.45) is 5.41 Å². The monoisotopic (exact) mass is 379 g/mol. The topological polar surface area (TPSA) is 49.8 Å². The van der Waals surface area contributed by atoms with Crippen molar-refractivity contribution in [1.82, 2.24) is 4.90 Å². The van der Waals surface area contributed by atoms with Crippen molar-refractivity contribution in [1.29, 1.82) is 0 Å². The van der Waals surface area contributed by atoms with Crippen molar-refractivity contribution >= 4 is 5.91 Å². The quantitative estimate of drug-likeness (QED) is 0.862. The van der Waals surface area contributed by atoms with Crippen molar-refractivity contribution < 1.29 is 14.6 Å². The predicted molar refractivity (Wildman–Crippen MR) is 110 cm³/mol. The summed E-state index contributed by atoms with van der Waals surface area (Å²) in [4.78, 5) is 14.6. The van der Waals surface area contributed by atoms with E-state index < -0.39 is 0 Å². The van der Waals surface area contributed by atoms with E-state index in [9.17, 15) is 9.90 Å². The minimum atomic E-state index is -0.280. The van der Waals surface area contributed by atoms with Crippen LogP contribution in [-0.4, -0.2) is 48.3 Å². The molecule has 0 bridgehead atoms. The second-order valence-corrected chi connectivity index (χ2v) is 8.15. The van der Waals surface area contributed by atoms with Crippen molar-refractivity contribution in [3.05, 3.63) is 60.2 Å². The van der Waals surface area contributed by atoms with Gasteiger partial charge in [-0.2, -0.15) is 0 Å². The molecule has 4 nitrogen and oxygen atoms in total. The summed E-state index contributed by atoms with van der Waals surface area (Å²) in [6.45, 7) is 1.45. The smallest absolute Gasteiger partial charge is 0.222 e. The van der Waals surface area contributed by atoms with Crippen LogP contribution in [0.15, 0.2) is 54.6 Å². The molecule has 1 amide bonds. The van der Waals surface area contributed by atoms with E-state index in [2.05, 4.69) is 36.4 Å². The van der Waals surface area contributed by atoms with Gasteiger partial charge < -0.3 is 14.7 Å². The fourth-order valence-corrected chi connectivity index (χ4v) is 4.79. The maximum absolute atomic E-state index is 12.6. The van der Waals surface area contributed by atoms with E-state index in [-0.39, 0.29) is 23.5 Å². The van der Waals surface area contributed by atoms with E-state index in [1.165, 1.54) is 16.7 Å². The van der Waals surface area contributed by atoms with Crippen LogP contribution < -0.4 is 0 Å². The van der Waals surface area contributed by atoms with Crippen LogP contribution in [0.25, 0.3) is 11.1 Å². The van der Waals surface area contributed by atoms with Gasteiger partial charge >= 0.3 is 0 Å². The summed E-state index contributed by atoms with van der Waals surface area (Å²) in [5.41, 5.74) is 3.47. The van der Waals surface area contributed by atoms with E-state index in [0.29, 0.717) is 6.42 Å². The number of ether oxygens (including phenoxy) is 1. The summed E-state index contributed by atoms with van der Waals surface area (Å²) >= 11 is 0. The highest BCUT2D eigenvalue weighted by Gasteiger charge is 2.56. The number of aliphatic hydroxyl groups is 1. The zero-order valence-corrected chi connectivity index (χ0v) is 16.5. The average molecular weight is 380 g/mol. The third kappa shape index (κ3) is 3.59. The zero-order chi connectivity index (χ0) is 19.6. The molecule has 0 unspecified atom stereocenters. The maximum Gasteiger partial charge on any atom is 0.222 e. The number of piperidine rings is 1. The first-order valence-electron chi connectivity index (χ1n) is 10.3. The van der Waals surface area contributed by atoms with E-state index in [0.717, 1.165) is 38.8 Å². The van der Waals surface area contributed by atoms with Crippen LogP contribution in [-0.2, 0) is 16.0 Å². The lowest BCUT2D eigenvalue weighted by Gasteiger charge is -2.56. The molecule has 1 N–H and O–H groups in total. The van der Waals surface area contributed by atoms with Crippen LogP contribution >= 0.6 is 0 Å². The number of aliphatic hydroxyl groups excluding tert-OH is 1. The summed E-state index contributed by atoms with van der Waals surface area (Å²) in [5.74, 6) is 0.213. The molecular formula is C24H29NO3. The molecule has 0 radical (unpaired) electrons. The summed E-state index contributed by atoms with van der Waals surface area (Å²) in [6.07, 6.45) is 3.56. The highest BCUT2D eigenvalue weighted by molar-refractivity contribution is 5.76. The zero-order valence-electron chi connectivity index (χ0n) is 16.5. The van der Waals surface area contributed by atoms with Gasteiger partial charge in [0.05, 0.1) is 12.2 Å². The summed E-state index contributed by atoms with van der Waals surface area (Å²) in [6, 6.07) is 18.8. The first-order chi connectivity index (χ1) is 13.6. The summed E-state index contributed by atoms with van der Waals surface area (Å²) < 4.78 is 5.53. The fraction of sp³-hybridized carbons (Fsp3) is 0.458. The lowest BCUT2D eigenvalue weighted by atomic mass is 9.58. The van der Waals surface area contributed by atoms with Gasteiger partial charge in [0.15, 0.2) is 0 Å². The van der Waals surface area contributed by atoms with Gasteiger partial charge in [0.2, 0.25) is 5.91 Å². The number of carbonyl (C=O) groups excluding carboxylic acids is 1. The second-order valence-electron chi connectivity index (χ2n) is 8.15. The molecule has 1 heterocycles. The molecule has 1 saturated carbocycles. The third-order valence-corrected chi connectivity index (χ3v) is 6.76.